The molecule has 2 unspecified atom stereocenters. The van der Waals surface area contributed by atoms with E-state index in [1.165, 1.54) is 5.56 Å². The Bertz CT molecular complexity index is 301. The number of fused-ring (bicyclic) bond motifs is 1. The van der Waals surface area contributed by atoms with Crippen LogP contribution in [0.3, 0.4) is 0 Å². The molecule has 0 saturated heterocycles. The Balaban J connectivity index is 2.34. The summed E-state index contributed by atoms with van der Waals surface area (Å²) in [6.07, 6.45) is 0.0717. The lowest BCUT2D eigenvalue weighted by atomic mass is 10.0. The number of nitrogens with two attached hydrogens (primary N) is 1. The van der Waals surface area contributed by atoms with Crippen LogP contribution in [0.2, 0.25) is 0 Å². The second-order valence-corrected chi connectivity index (χ2v) is 3.20. The lowest BCUT2D eigenvalue weighted by molar-refractivity contribution is 0.202. The van der Waals surface area contributed by atoms with Gasteiger partial charge in [0.1, 0.15) is 11.9 Å². The van der Waals surface area contributed by atoms with Crippen LogP contribution in [0.4, 0.5) is 0 Å². The summed E-state index contributed by atoms with van der Waals surface area (Å²) in [4.78, 5) is 0. The quantitative estimate of drug-likeness (QED) is 0.699. The molecule has 13 heavy (non-hydrogen) atoms. The van der Waals surface area contributed by atoms with Gasteiger partial charge in [-0.2, -0.15) is 0 Å². The highest BCUT2D eigenvalue weighted by Crippen LogP contribution is 2.35. The van der Waals surface area contributed by atoms with Crippen molar-refractivity contribution in [3.05, 3.63) is 29.8 Å². The molecule has 2 rings (SSSR count). The van der Waals surface area contributed by atoms with E-state index in [2.05, 4.69) is 11.4 Å². The highest BCUT2D eigenvalue weighted by Gasteiger charge is 2.31. The number of benzene rings is 1. The van der Waals surface area contributed by atoms with Crippen LogP contribution in [0.1, 0.15) is 11.6 Å². The summed E-state index contributed by atoms with van der Waals surface area (Å²) in [6, 6.07) is 8.29. The van der Waals surface area contributed by atoms with Gasteiger partial charge in [-0.05, 0) is 13.1 Å². The van der Waals surface area contributed by atoms with Crippen LogP contribution in [0.25, 0.3) is 0 Å². The zero-order valence-corrected chi connectivity index (χ0v) is 7.66. The van der Waals surface area contributed by atoms with E-state index in [1.54, 1.807) is 0 Å². The summed E-state index contributed by atoms with van der Waals surface area (Å²) >= 11 is 0. The molecule has 1 aromatic carbocycles. The van der Waals surface area contributed by atoms with Crippen LogP contribution in [0, 0.1) is 0 Å². The Morgan fingerprint density at radius 1 is 1.46 bits per heavy atom. The van der Waals surface area contributed by atoms with E-state index in [9.17, 15) is 0 Å². The van der Waals surface area contributed by atoms with E-state index >= 15 is 0 Å². The molecule has 2 atom stereocenters. The molecule has 0 aliphatic carbocycles. The first-order chi connectivity index (χ1) is 6.36. The topological polar surface area (TPSA) is 47.3 Å². The van der Waals surface area contributed by atoms with Gasteiger partial charge in [-0.25, -0.2) is 0 Å². The fourth-order valence-corrected chi connectivity index (χ4v) is 1.80. The van der Waals surface area contributed by atoms with Crippen LogP contribution < -0.4 is 15.8 Å². The second kappa shape index (κ2) is 3.36. The Hall–Kier alpha value is -1.06. The number of para-hydroxylation sites is 1. The molecule has 0 aromatic heterocycles. The summed E-state index contributed by atoms with van der Waals surface area (Å²) in [7, 11) is 1.93. The Morgan fingerprint density at radius 2 is 2.23 bits per heavy atom. The third-order valence-corrected chi connectivity index (χ3v) is 2.45. The number of hydrogen-bond acceptors (Lipinski definition) is 3. The smallest absolute Gasteiger partial charge is 0.130 e. The maximum atomic E-state index is 5.67. The summed E-state index contributed by atoms with van der Waals surface area (Å²) < 4.78 is 5.67. The van der Waals surface area contributed by atoms with Crippen LogP contribution in [0.15, 0.2) is 24.3 Å². The van der Waals surface area contributed by atoms with E-state index < -0.39 is 0 Å². The van der Waals surface area contributed by atoms with Gasteiger partial charge in [-0.1, -0.05) is 18.2 Å². The molecule has 1 heterocycles. The molecular weight excluding hydrogens is 164 g/mol. The minimum atomic E-state index is 0.0717. The fourth-order valence-electron chi connectivity index (χ4n) is 1.80. The average molecular weight is 178 g/mol. The lowest BCUT2D eigenvalue weighted by Gasteiger charge is -2.15. The van der Waals surface area contributed by atoms with Crippen molar-refractivity contribution in [3.63, 3.8) is 0 Å². The van der Waals surface area contributed by atoms with Crippen molar-refractivity contribution >= 4 is 0 Å². The van der Waals surface area contributed by atoms with Crippen LogP contribution in [-0.2, 0) is 0 Å². The van der Waals surface area contributed by atoms with E-state index in [-0.39, 0.29) is 12.1 Å². The lowest BCUT2D eigenvalue weighted by Crippen LogP contribution is -2.34. The van der Waals surface area contributed by atoms with Gasteiger partial charge < -0.3 is 15.8 Å². The molecular formula is C10H14N2O. The van der Waals surface area contributed by atoms with Crippen molar-refractivity contribution in [1.82, 2.24) is 5.32 Å². The molecule has 1 aliphatic heterocycles. The van der Waals surface area contributed by atoms with E-state index in [0.29, 0.717) is 6.54 Å². The largest absolute Gasteiger partial charge is 0.487 e. The average Bonchev–Trinajstić information content (AvgIpc) is 2.55. The molecule has 3 heteroatoms. The molecule has 1 aromatic rings. The standard InChI is InChI=1S/C10H14N2O/c1-12-10-7-4-2-3-5-8(7)13-9(10)6-11/h2-5,9-10,12H,6,11H2,1H3. The zero-order valence-electron chi connectivity index (χ0n) is 7.66. The molecule has 3 nitrogen and oxygen atoms in total. The Kier molecular flexibility index (Phi) is 2.20. The van der Waals surface area contributed by atoms with Gasteiger partial charge in [0.05, 0.1) is 6.04 Å². The molecule has 1 aliphatic rings. The molecule has 0 fully saturated rings. The maximum Gasteiger partial charge on any atom is 0.130 e. The highest BCUT2D eigenvalue weighted by atomic mass is 16.5. The van der Waals surface area contributed by atoms with E-state index in [4.69, 9.17) is 10.5 Å². The van der Waals surface area contributed by atoms with E-state index in [0.717, 1.165) is 5.75 Å². The number of ether oxygens (including phenoxy) is 1. The van der Waals surface area contributed by atoms with Gasteiger partial charge in [0.2, 0.25) is 0 Å². The first kappa shape index (κ1) is 8.53. The van der Waals surface area contributed by atoms with Crippen LogP contribution in [0.5, 0.6) is 5.75 Å². The molecule has 0 saturated carbocycles. The SMILES string of the molecule is CNC1c2ccccc2OC1CN. The van der Waals surface area contributed by atoms with E-state index in [1.807, 2.05) is 25.2 Å². The van der Waals surface area contributed by atoms with Gasteiger partial charge in [0, 0.05) is 12.1 Å². The predicted molar refractivity (Wildman–Crippen MR) is 51.7 cm³/mol. The summed E-state index contributed by atoms with van der Waals surface area (Å²) in [5.74, 6) is 0.956. The number of hydrogen-bond donors (Lipinski definition) is 2. The zero-order chi connectivity index (χ0) is 9.26. The molecule has 0 bridgehead atoms. The van der Waals surface area contributed by atoms with Crippen LogP contribution >= 0.6 is 0 Å². The van der Waals surface area contributed by atoms with Gasteiger partial charge in [-0.3, -0.25) is 0 Å². The first-order valence-electron chi connectivity index (χ1n) is 4.49. The Labute approximate surface area is 77.9 Å². The van der Waals surface area contributed by atoms with Crippen molar-refractivity contribution in [2.45, 2.75) is 12.1 Å². The van der Waals surface area contributed by atoms with Crippen molar-refractivity contribution in [1.29, 1.82) is 0 Å². The fraction of sp³-hybridized carbons (Fsp3) is 0.400. The molecule has 3 N–H and O–H groups in total. The minimum absolute atomic E-state index is 0.0717. The molecule has 0 spiro atoms. The number of likely N-dealkylation sites (N-methyl/N-ethyl adjacent to an activating group) is 1. The van der Waals surface area contributed by atoms with Crippen molar-refractivity contribution < 1.29 is 4.74 Å². The second-order valence-electron chi connectivity index (χ2n) is 3.20. The third-order valence-electron chi connectivity index (χ3n) is 2.45. The maximum absolute atomic E-state index is 5.67. The van der Waals surface area contributed by atoms with Crippen LogP contribution in [-0.4, -0.2) is 19.7 Å². The summed E-state index contributed by atoms with van der Waals surface area (Å²) in [5, 5.41) is 3.22. The van der Waals surface area contributed by atoms with Gasteiger partial charge in [0.15, 0.2) is 0 Å². The molecule has 0 radical (unpaired) electrons. The number of rotatable bonds is 2. The van der Waals surface area contributed by atoms with Gasteiger partial charge >= 0.3 is 0 Å². The third kappa shape index (κ3) is 1.30. The minimum Gasteiger partial charge on any atom is -0.487 e. The Morgan fingerprint density at radius 3 is 2.92 bits per heavy atom. The van der Waals surface area contributed by atoms with Crippen molar-refractivity contribution in [3.8, 4) is 5.75 Å². The van der Waals surface area contributed by atoms with Gasteiger partial charge in [0.25, 0.3) is 0 Å². The summed E-state index contributed by atoms with van der Waals surface area (Å²) in [6.45, 7) is 0.542. The number of nitrogens with one attached hydrogen (secondary N) is 1. The van der Waals surface area contributed by atoms with Gasteiger partial charge in [-0.15, -0.1) is 0 Å². The highest BCUT2D eigenvalue weighted by molar-refractivity contribution is 5.40. The molecule has 0 amide bonds. The first-order valence-corrected chi connectivity index (χ1v) is 4.49. The van der Waals surface area contributed by atoms with Crippen molar-refractivity contribution in [2.24, 2.45) is 5.73 Å². The monoisotopic (exact) mass is 178 g/mol. The van der Waals surface area contributed by atoms with Crippen molar-refractivity contribution in [2.75, 3.05) is 13.6 Å². The summed E-state index contributed by atoms with van der Waals surface area (Å²) in [5.41, 5.74) is 6.82. The predicted octanol–water partition coefficient (Wildman–Crippen LogP) is 0.667. The molecule has 70 valence electrons. The normalized spacial score (nSPS) is 25.4.